The molecular formula is C13H26N2O2. The Morgan fingerprint density at radius 3 is 2.94 bits per heavy atom. The Kier molecular flexibility index (Phi) is 7.01. The van der Waals surface area contributed by atoms with Crippen LogP contribution in [0.3, 0.4) is 0 Å². The van der Waals surface area contributed by atoms with Crippen LogP contribution in [0.25, 0.3) is 0 Å². The summed E-state index contributed by atoms with van der Waals surface area (Å²) >= 11 is 0. The van der Waals surface area contributed by atoms with Crippen molar-refractivity contribution in [1.29, 1.82) is 0 Å². The van der Waals surface area contributed by atoms with Gasteiger partial charge in [0.25, 0.3) is 0 Å². The van der Waals surface area contributed by atoms with E-state index in [4.69, 9.17) is 5.11 Å². The molecule has 4 heteroatoms. The highest BCUT2D eigenvalue weighted by Gasteiger charge is 2.25. The lowest BCUT2D eigenvalue weighted by Gasteiger charge is -2.35. The van der Waals surface area contributed by atoms with Crippen LogP contribution in [0, 0.1) is 0 Å². The van der Waals surface area contributed by atoms with E-state index in [1.165, 1.54) is 19.3 Å². The van der Waals surface area contributed by atoms with E-state index in [0.29, 0.717) is 6.42 Å². The van der Waals surface area contributed by atoms with Crippen LogP contribution in [0.2, 0.25) is 0 Å². The van der Waals surface area contributed by atoms with Crippen molar-refractivity contribution in [1.82, 2.24) is 10.2 Å². The molecule has 0 aromatic rings. The molecule has 0 radical (unpaired) electrons. The van der Waals surface area contributed by atoms with Gasteiger partial charge in [0.15, 0.2) is 0 Å². The Balaban J connectivity index is 2.31. The summed E-state index contributed by atoms with van der Waals surface area (Å²) in [6, 6.07) is 0.291. The van der Waals surface area contributed by atoms with Gasteiger partial charge in [-0.1, -0.05) is 19.8 Å². The van der Waals surface area contributed by atoms with Crippen LogP contribution >= 0.6 is 0 Å². The lowest BCUT2D eigenvalue weighted by Crippen LogP contribution is -2.49. The average Bonchev–Trinajstić information content (AvgIpc) is 2.35. The second kappa shape index (κ2) is 8.34. The predicted octanol–water partition coefficient (Wildman–Crippen LogP) is 2.12. The Labute approximate surface area is 104 Å². The van der Waals surface area contributed by atoms with Crippen molar-refractivity contribution in [2.75, 3.05) is 19.7 Å². The molecule has 1 saturated heterocycles. The molecule has 17 heavy (non-hydrogen) atoms. The van der Waals surface area contributed by atoms with E-state index < -0.39 is 0 Å². The van der Waals surface area contributed by atoms with Gasteiger partial charge in [-0.25, -0.2) is 4.79 Å². The van der Waals surface area contributed by atoms with Crippen LogP contribution in [0.1, 0.15) is 51.9 Å². The van der Waals surface area contributed by atoms with Crippen molar-refractivity contribution in [3.05, 3.63) is 0 Å². The zero-order chi connectivity index (χ0) is 12.5. The second-order valence-electron chi connectivity index (χ2n) is 4.79. The molecule has 0 spiro atoms. The number of amides is 2. The van der Waals surface area contributed by atoms with Crippen molar-refractivity contribution < 1.29 is 9.90 Å². The minimum Gasteiger partial charge on any atom is -0.396 e. The Bertz CT molecular complexity index is 219. The monoisotopic (exact) mass is 242 g/mol. The normalized spacial score (nSPS) is 20.4. The first kappa shape index (κ1) is 14.3. The van der Waals surface area contributed by atoms with Gasteiger partial charge in [-0.15, -0.1) is 0 Å². The highest BCUT2D eigenvalue weighted by atomic mass is 16.3. The van der Waals surface area contributed by atoms with Crippen molar-refractivity contribution in [2.45, 2.75) is 57.9 Å². The molecule has 1 atom stereocenters. The fourth-order valence-corrected chi connectivity index (χ4v) is 2.39. The lowest BCUT2D eigenvalue weighted by molar-refractivity contribution is 0.132. The summed E-state index contributed by atoms with van der Waals surface area (Å²) in [4.78, 5) is 13.9. The maximum Gasteiger partial charge on any atom is 0.317 e. The van der Waals surface area contributed by atoms with Gasteiger partial charge in [-0.05, 0) is 32.1 Å². The highest BCUT2D eigenvalue weighted by molar-refractivity contribution is 5.74. The molecule has 0 aliphatic carbocycles. The van der Waals surface area contributed by atoms with Crippen molar-refractivity contribution in [3.63, 3.8) is 0 Å². The average molecular weight is 242 g/mol. The number of aliphatic hydroxyl groups is 1. The number of rotatable bonds is 6. The summed E-state index contributed by atoms with van der Waals surface area (Å²) in [5.41, 5.74) is 0. The SMILES string of the molecule is CCCCCNC(=O)N1CCCCC1CCO. The summed E-state index contributed by atoms with van der Waals surface area (Å²) in [5, 5.41) is 12.0. The molecule has 1 unspecified atom stereocenters. The number of hydrogen-bond donors (Lipinski definition) is 2. The number of unbranched alkanes of at least 4 members (excludes halogenated alkanes) is 2. The standard InChI is InChI=1S/C13H26N2O2/c1-2-3-5-9-14-13(17)15-10-6-4-7-12(15)8-11-16/h12,16H,2-11H2,1H3,(H,14,17). The van der Waals surface area contributed by atoms with Gasteiger partial charge < -0.3 is 15.3 Å². The summed E-state index contributed by atoms with van der Waals surface area (Å²) in [7, 11) is 0. The summed E-state index contributed by atoms with van der Waals surface area (Å²) < 4.78 is 0. The quantitative estimate of drug-likeness (QED) is 0.701. The fourth-order valence-electron chi connectivity index (χ4n) is 2.39. The van der Waals surface area contributed by atoms with Gasteiger partial charge in [0.2, 0.25) is 0 Å². The van der Waals surface area contributed by atoms with Crippen LogP contribution in [0.15, 0.2) is 0 Å². The molecule has 0 aromatic carbocycles. The van der Waals surface area contributed by atoms with Crippen LogP contribution in [0.5, 0.6) is 0 Å². The molecule has 0 bridgehead atoms. The van der Waals surface area contributed by atoms with E-state index in [1.807, 2.05) is 4.90 Å². The van der Waals surface area contributed by atoms with Gasteiger partial charge in [-0.3, -0.25) is 0 Å². The molecular weight excluding hydrogens is 216 g/mol. The topological polar surface area (TPSA) is 52.6 Å². The zero-order valence-electron chi connectivity index (χ0n) is 11.0. The van der Waals surface area contributed by atoms with Gasteiger partial charge in [0.05, 0.1) is 0 Å². The maximum absolute atomic E-state index is 12.0. The highest BCUT2D eigenvalue weighted by Crippen LogP contribution is 2.19. The van der Waals surface area contributed by atoms with E-state index in [-0.39, 0.29) is 18.7 Å². The summed E-state index contributed by atoms with van der Waals surface area (Å²) in [6.45, 7) is 3.94. The number of nitrogens with zero attached hydrogens (tertiary/aromatic N) is 1. The van der Waals surface area contributed by atoms with Crippen LogP contribution in [0.4, 0.5) is 4.79 Å². The Morgan fingerprint density at radius 2 is 2.24 bits per heavy atom. The van der Waals surface area contributed by atoms with E-state index in [2.05, 4.69) is 12.2 Å². The van der Waals surface area contributed by atoms with Crippen LogP contribution in [-0.2, 0) is 0 Å². The molecule has 0 saturated carbocycles. The third-order valence-corrected chi connectivity index (χ3v) is 3.41. The number of nitrogens with one attached hydrogen (secondary N) is 1. The number of hydrogen-bond acceptors (Lipinski definition) is 2. The van der Waals surface area contributed by atoms with E-state index in [1.54, 1.807) is 0 Å². The van der Waals surface area contributed by atoms with Gasteiger partial charge in [-0.2, -0.15) is 0 Å². The molecule has 0 aromatic heterocycles. The smallest absolute Gasteiger partial charge is 0.317 e. The third kappa shape index (κ3) is 4.94. The number of urea groups is 1. The molecule has 2 amide bonds. The van der Waals surface area contributed by atoms with Crippen molar-refractivity contribution in [3.8, 4) is 0 Å². The number of aliphatic hydroxyl groups excluding tert-OH is 1. The van der Waals surface area contributed by atoms with Gasteiger partial charge in [0.1, 0.15) is 0 Å². The molecule has 1 heterocycles. The van der Waals surface area contributed by atoms with E-state index in [0.717, 1.165) is 32.4 Å². The van der Waals surface area contributed by atoms with Gasteiger partial charge >= 0.3 is 6.03 Å². The predicted molar refractivity (Wildman–Crippen MR) is 69.0 cm³/mol. The lowest BCUT2D eigenvalue weighted by atomic mass is 10.0. The first-order valence-corrected chi connectivity index (χ1v) is 6.95. The van der Waals surface area contributed by atoms with Crippen LogP contribution in [-0.4, -0.2) is 41.8 Å². The molecule has 1 aliphatic rings. The second-order valence-corrected chi connectivity index (χ2v) is 4.79. The molecule has 1 aliphatic heterocycles. The summed E-state index contributed by atoms with van der Waals surface area (Å²) in [5.74, 6) is 0. The summed E-state index contributed by atoms with van der Waals surface area (Å²) in [6.07, 6.45) is 7.40. The minimum absolute atomic E-state index is 0.0549. The number of piperidine rings is 1. The van der Waals surface area contributed by atoms with E-state index in [9.17, 15) is 4.79 Å². The number of carbonyl (C=O) groups is 1. The zero-order valence-corrected chi connectivity index (χ0v) is 11.0. The maximum atomic E-state index is 12.0. The molecule has 1 rings (SSSR count). The Hall–Kier alpha value is -0.770. The first-order valence-electron chi connectivity index (χ1n) is 6.95. The molecule has 1 fully saturated rings. The van der Waals surface area contributed by atoms with Crippen LogP contribution < -0.4 is 5.32 Å². The minimum atomic E-state index is 0.0549. The number of carbonyl (C=O) groups excluding carboxylic acids is 1. The third-order valence-electron chi connectivity index (χ3n) is 3.41. The fraction of sp³-hybridized carbons (Fsp3) is 0.923. The Morgan fingerprint density at radius 1 is 1.41 bits per heavy atom. The van der Waals surface area contributed by atoms with E-state index >= 15 is 0 Å². The number of likely N-dealkylation sites (tertiary alicyclic amines) is 1. The van der Waals surface area contributed by atoms with Crippen molar-refractivity contribution in [2.24, 2.45) is 0 Å². The largest absolute Gasteiger partial charge is 0.396 e. The van der Waals surface area contributed by atoms with Crippen molar-refractivity contribution >= 4 is 6.03 Å². The van der Waals surface area contributed by atoms with Gasteiger partial charge in [0, 0.05) is 25.7 Å². The molecule has 4 nitrogen and oxygen atoms in total. The molecule has 2 N–H and O–H groups in total. The molecule has 100 valence electrons. The first-order chi connectivity index (χ1) is 8.29.